The molecule has 1 aromatic carbocycles. The van der Waals surface area contributed by atoms with Crippen LogP contribution in [-0.2, 0) is 13.0 Å². The normalized spacial score (nSPS) is 15.3. The van der Waals surface area contributed by atoms with Crippen molar-refractivity contribution in [3.8, 4) is 0 Å². The maximum Gasteiger partial charge on any atom is 0.0483 e. The number of fused-ring (bicyclic) bond motifs is 1. The summed E-state index contributed by atoms with van der Waals surface area (Å²) >= 11 is 0. The lowest BCUT2D eigenvalue weighted by Gasteiger charge is -2.07. The number of hydrogen-bond donors (Lipinski definition) is 1. The Balaban J connectivity index is 1.71. The summed E-state index contributed by atoms with van der Waals surface area (Å²) in [5, 5.41) is 5.05. The maximum atomic E-state index is 3.61. The van der Waals surface area contributed by atoms with Crippen LogP contribution in [-0.4, -0.2) is 17.2 Å². The lowest BCUT2D eigenvalue weighted by Crippen LogP contribution is -2.17. The molecule has 1 aromatic heterocycles. The van der Waals surface area contributed by atoms with Crippen LogP contribution in [0.3, 0.4) is 0 Å². The van der Waals surface area contributed by atoms with Gasteiger partial charge in [0.05, 0.1) is 0 Å². The van der Waals surface area contributed by atoms with E-state index < -0.39 is 0 Å². The summed E-state index contributed by atoms with van der Waals surface area (Å²) in [6.07, 6.45) is 7.57. The van der Waals surface area contributed by atoms with E-state index in [0.717, 1.165) is 19.1 Å². The molecule has 0 amide bonds. The van der Waals surface area contributed by atoms with Crippen LogP contribution in [0.1, 0.15) is 38.7 Å². The predicted octanol–water partition coefficient (Wildman–Crippen LogP) is 3.98. The van der Waals surface area contributed by atoms with Crippen LogP contribution in [0.15, 0.2) is 30.5 Å². The summed E-state index contributed by atoms with van der Waals surface area (Å²) in [5.74, 6) is 0.690. The zero-order valence-electron chi connectivity index (χ0n) is 12.7. The average molecular weight is 270 g/mol. The molecule has 1 fully saturated rings. The third-order valence-corrected chi connectivity index (χ3v) is 4.07. The summed E-state index contributed by atoms with van der Waals surface area (Å²) in [7, 11) is 0. The Morgan fingerprint density at radius 3 is 2.80 bits per heavy atom. The van der Waals surface area contributed by atoms with Crippen molar-refractivity contribution >= 4 is 10.9 Å². The topological polar surface area (TPSA) is 17.0 Å². The zero-order valence-corrected chi connectivity index (χ0v) is 12.7. The van der Waals surface area contributed by atoms with Crippen molar-refractivity contribution in [3.05, 3.63) is 36.0 Å². The van der Waals surface area contributed by atoms with Crippen LogP contribution < -0.4 is 5.32 Å². The molecule has 1 heterocycles. The Morgan fingerprint density at radius 1 is 1.25 bits per heavy atom. The van der Waals surface area contributed by atoms with Crippen molar-refractivity contribution in [2.24, 2.45) is 5.92 Å². The van der Waals surface area contributed by atoms with Crippen LogP contribution >= 0.6 is 0 Å². The minimum atomic E-state index is 0.690. The Hall–Kier alpha value is -1.28. The highest BCUT2D eigenvalue weighted by atomic mass is 15.0. The Bertz CT molecular complexity index is 564. The van der Waals surface area contributed by atoms with Gasteiger partial charge in [-0.15, -0.1) is 0 Å². The van der Waals surface area contributed by atoms with E-state index in [2.05, 4.69) is 54.2 Å². The molecule has 0 unspecified atom stereocenters. The fourth-order valence-electron chi connectivity index (χ4n) is 2.94. The lowest BCUT2D eigenvalue weighted by atomic mass is 10.1. The molecule has 0 bridgehead atoms. The van der Waals surface area contributed by atoms with Crippen LogP contribution in [0.4, 0.5) is 0 Å². The standard InChI is InChI=1S/C18H26N2/c1-14(2)12-20-13-15(6-5-11-19-16-9-10-16)17-7-3-4-8-18(17)20/h3-4,7-8,13-14,16,19H,5-6,9-12H2,1-2H3. The van der Waals surface area contributed by atoms with Gasteiger partial charge in [-0.05, 0) is 49.8 Å². The molecule has 0 saturated heterocycles. The van der Waals surface area contributed by atoms with Gasteiger partial charge < -0.3 is 9.88 Å². The van der Waals surface area contributed by atoms with Gasteiger partial charge in [-0.25, -0.2) is 0 Å². The van der Waals surface area contributed by atoms with Crippen molar-refractivity contribution in [2.45, 2.75) is 52.1 Å². The minimum absolute atomic E-state index is 0.690. The highest BCUT2D eigenvalue weighted by molar-refractivity contribution is 5.83. The van der Waals surface area contributed by atoms with E-state index in [1.54, 1.807) is 0 Å². The highest BCUT2D eigenvalue weighted by Crippen LogP contribution is 2.24. The Kier molecular flexibility index (Phi) is 4.11. The number of benzene rings is 1. The van der Waals surface area contributed by atoms with E-state index >= 15 is 0 Å². The van der Waals surface area contributed by atoms with E-state index in [9.17, 15) is 0 Å². The SMILES string of the molecule is CC(C)Cn1cc(CCCNC2CC2)c2ccccc21. The molecule has 2 nitrogen and oxygen atoms in total. The number of nitrogens with one attached hydrogen (secondary N) is 1. The minimum Gasteiger partial charge on any atom is -0.347 e. The van der Waals surface area contributed by atoms with Crippen molar-refractivity contribution < 1.29 is 0 Å². The molecular weight excluding hydrogens is 244 g/mol. The van der Waals surface area contributed by atoms with Gasteiger partial charge in [0.1, 0.15) is 0 Å². The first kappa shape index (κ1) is 13.7. The summed E-state index contributed by atoms with van der Waals surface area (Å²) in [5.41, 5.74) is 2.91. The maximum absolute atomic E-state index is 3.61. The second kappa shape index (κ2) is 6.01. The molecule has 108 valence electrons. The quantitative estimate of drug-likeness (QED) is 0.753. The van der Waals surface area contributed by atoms with Crippen molar-refractivity contribution in [3.63, 3.8) is 0 Å². The van der Waals surface area contributed by atoms with Gasteiger partial charge in [-0.3, -0.25) is 0 Å². The van der Waals surface area contributed by atoms with Gasteiger partial charge in [0, 0.05) is 29.7 Å². The molecule has 0 atom stereocenters. The molecule has 20 heavy (non-hydrogen) atoms. The largest absolute Gasteiger partial charge is 0.347 e. The van der Waals surface area contributed by atoms with Gasteiger partial charge in [-0.1, -0.05) is 32.0 Å². The van der Waals surface area contributed by atoms with E-state index in [1.165, 1.54) is 42.1 Å². The first-order chi connectivity index (χ1) is 9.74. The first-order valence-electron chi connectivity index (χ1n) is 8.04. The summed E-state index contributed by atoms with van der Waals surface area (Å²) in [4.78, 5) is 0. The Labute approximate surface area is 122 Å². The van der Waals surface area contributed by atoms with Crippen molar-refractivity contribution in [2.75, 3.05) is 6.54 Å². The summed E-state index contributed by atoms with van der Waals surface area (Å²) < 4.78 is 2.43. The Morgan fingerprint density at radius 2 is 2.05 bits per heavy atom. The summed E-state index contributed by atoms with van der Waals surface area (Å²) in [6, 6.07) is 9.67. The van der Waals surface area contributed by atoms with Crippen LogP contribution in [0.25, 0.3) is 10.9 Å². The third kappa shape index (κ3) is 3.24. The van der Waals surface area contributed by atoms with Gasteiger partial charge in [0.15, 0.2) is 0 Å². The fourth-order valence-corrected chi connectivity index (χ4v) is 2.94. The molecule has 0 radical (unpaired) electrons. The molecule has 2 aromatic rings. The van der Waals surface area contributed by atoms with E-state index in [1.807, 2.05) is 0 Å². The molecule has 1 saturated carbocycles. The van der Waals surface area contributed by atoms with Gasteiger partial charge in [-0.2, -0.15) is 0 Å². The molecule has 0 aliphatic heterocycles. The van der Waals surface area contributed by atoms with Crippen molar-refractivity contribution in [1.82, 2.24) is 9.88 Å². The summed E-state index contributed by atoms with van der Waals surface area (Å²) in [6.45, 7) is 6.84. The van der Waals surface area contributed by atoms with Gasteiger partial charge in [0.25, 0.3) is 0 Å². The molecular formula is C18H26N2. The predicted molar refractivity (Wildman–Crippen MR) is 86.1 cm³/mol. The van der Waals surface area contributed by atoms with E-state index in [-0.39, 0.29) is 0 Å². The van der Waals surface area contributed by atoms with E-state index in [4.69, 9.17) is 0 Å². The van der Waals surface area contributed by atoms with Crippen LogP contribution in [0.5, 0.6) is 0 Å². The lowest BCUT2D eigenvalue weighted by molar-refractivity contribution is 0.534. The van der Waals surface area contributed by atoms with Crippen LogP contribution in [0.2, 0.25) is 0 Å². The first-order valence-corrected chi connectivity index (χ1v) is 8.04. The molecule has 1 aliphatic carbocycles. The molecule has 2 heteroatoms. The number of hydrogen-bond acceptors (Lipinski definition) is 1. The second-order valence-corrected chi connectivity index (χ2v) is 6.55. The molecule has 1 N–H and O–H groups in total. The van der Waals surface area contributed by atoms with Crippen molar-refractivity contribution in [1.29, 1.82) is 0 Å². The monoisotopic (exact) mass is 270 g/mol. The van der Waals surface area contributed by atoms with Crippen LogP contribution in [0, 0.1) is 5.92 Å². The molecule has 1 aliphatic rings. The molecule has 0 spiro atoms. The highest BCUT2D eigenvalue weighted by Gasteiger charge is 2.19. The average Bonchev–Trinajstić information content (AvgIpc) is 3.19. The molecule has 3 rings (SSSR count). The fraction of sp³-hybridized carbons (Fsp3) is 0.556. The van der Waals surface area contributed by atoms with E-state index in [0.29, 0.717) is 5.92 Å². The number of aryl methyl sites for hydroxylation is 1. The number of rotatable bonds is 7. The second-order valence-electron chi connectivity index (χ2n) is 6.55. The zero-order chi connectivity index (χ0) is 13.9. The van der Waals surface area contributed by atoms with Gasteiger partial charge in [0.2, 0.25) is 0 Å². The van der Waals surface area contributed by atoms with Gasteiger partial charge >= 0.3 is 0 Å². The third-order valence-electron chi connectivity index (χ3n) is 4.07. The number of aromatic nitrogens is 1. The number of para-hydroxylation sites is 1. The number of nitrogens with zero attached hydrogens (tertiary/aromatic N) is 1. The smallest absolute Gasteiger partial charge is 0.0483 e.